The maximum Gasteiger partial charge on any atom is 0.123 e. The van der Waals surface area contributed by atoms with Crippen molar-refractivity contribution in [1.82, 2.24) is 9.78 Å². The van der Waals surface area contributed by atoms with Crippen LogP contribution in [0.5, 0.6) is 0 Å². The van der Waals surface area contributed by atoms with Crippen LogP contribution in [0.1, 0.15) is 42.3 Å². The van der Waals surface area contributed by atoms with E-state index in [0.29, 0.717) is 0 Å². The second kappa shape index (κ2) is 6.39. The SMILES string of the molecule is C[C@]12Cc3cnn(-c4ccc(F)cc4)c3C=C1CC[C@@]2(O)CCc1cccs1. The van der Waals surface area contributed by atoms with Crippen LogP contribution in [-0.2, 0) is 12.8 Å². The van der Waals surface area contributed by atoms with Crippen molar-refractivity contribution in [3.63, 3.8) is 0 Å². The van der Waals surface area contributed by atoms with Crippen LogP contribution < -0.4 is 0 Å². The number of hydrogen-bond donors (Lipinski definition) is 1. The molecule has 0 bridgehead atoms. The first-order valence-electron chi connectivity index (χ1n) is 9.77. The Morgan fingerprint density at radius 1 is 1.25 bits per heavy atom. The summed E-state index contributed by atoms with van der Waals surface area (Å²) in [6.45, 7) is 2.21. The van der Waals surface area contributed by atoms with Gasteiger partial charge in [0.15, 0.2) is 0 Å². The van der Waals surface area contributed by atoms with E-state index >= 15 is 0 Å². The highest BCUT2D eigenvalue weighted by Gasteiger charge is 2.54. The van der Waals surface area contributed by atoms with Crippen molar-refractivity contribution in [2.24, 2.45) is 5.41 Å². The molecule has 2 aliphatic carbocycles. The molecule has 2 atom stereocenters. The summed E-state index contributed by atoms with van der Waals surface area (Å²) in [7, 11) is 0. The van der Waals surface area contributed by atoms with E-state index in [4.69, 9.17) is 0 Å². The minimum absolute atomic E-state index is 0.248. The van der Waals surface area contributed by atoms with E-state index in [1.54, 1.807) is 23.5 Å². The van der Waals surface area contributed by atoms with Crippen molar-refractivity contribution in [3.8, 4) is 5.69 Å². The van der Waals surface area contributed by atoms with Gasteiger partial charge in [-0.05, 0) is 79.5 Å². The Bertz CT molecular complexity index is 1040. The van der Waals surface area contributed by atoms with Gasteiger partial charge in [0.2, 0.25) is 0 Å². The molecule has 5 rings (SSSR count). The average Bonchev–Trinajstić information content (AvgIpc) is 3.39. The third-order valence-corrected chi connectivity index (χ3v) is 7.66. The third-order valence-electron chi connectivity index (χ3n) is 6.72. The first kappa shape index (κ1) is 17.8. The molecule has 1 fully saturated rings. The van der Waals surface area contributed by atoms with Gasteiger partial charge in [-0.1, -0.05) is 18.6 Å². The topological polar surface area (TPSA) is 38.0 Å². The molecule has 28 heavy (non-hydrogen) atoms. The third kappa shape index (κ3) is 2.68. The standard InChI is InChI=1S/C23H23FN2OS/c1-22-14-16-15-25-26(19-6-4-18(24)5-7-19)21(16)13-17(22)8-10-23(22,27)11-9-20-3-2-12-28-20/h2-7,12-13,15,27H,8-11,14H2,1H3/t22-,23+/m0/s1. The first-order valence-corrected chi connectivity index (χ1v) is 10.7. The van der Waals surface area contributed by atoms with Crippen molar-refractivity contribution < 1.29 is 9.50 Å². The highest BCUT2D eigenvalue weighted by molar-refractivity contribution is 7.09. The van der Waals surface area contributed by atoms with E-state index in [-0.39, 0.29) is 11.2 Å². The van der Waals surface area contributed by atoms with Crippen molar-refractivity contribution in [1.29, 1.82) is 0 Å². The molecule has 3 nitrogen and oxygen atoms in total. The van der Waals surface area contributed by atoms with Gasteiger partial charge in [0.1, 0.15) is 5.82 Å². The van der Waals surface area contributed by atoms with E-state index in [2.05, 4.69) is 35.6 Å². The van der Waals surface area contributed by atoms with Gasteiger partial charge < -0.3 is 5.11 Å². The Morgan fingerprint density at radius 3 is 2.82 bits per heavy atom. The summed E-state index contributed by atoms with van der Waals surface area (Å²) in [5.41, 5.74) is 3.41. The van der Waals surface area contributed by atoms with Crippen molar-refractivity contribution >= 4 is 17.4 Å². The van der Waals surface area contributed by atoms with E-state index in [1.165, 1.54) is 22.6 Å². The van der Waals surface area contributed by atoms with Gasteiger partial charge in [0.05, 0.1) is 23.2 Å². The molecular weight excluding hydrogens is 371 g/mol. The summed E-state index contributed by atoms with van der Waals surface area (Å²) in [4.78, 5) is 1.33. The number of aromatic nitrogens is 2. The number of fused-ring (bicyclic) bond motifs is 2. The maximum atomic E-state index is 13.3. The minimum atomic E-state index is -0.696. The zero-order valence-corrected chi connectivity index (χ0v) is 16.7. The van der Waals surface area contributed by atoms with Crippen molar-refractivity contribution in [2.75, 3.05) is 0 Å². The normalized spacial score (nSPS) is 26.0. The van der Waals surface area contributed by atoms with Crippen LogP contribution in [0.2, 0.25) is 0 Å². The van der Waals surface area contributed by atoms with Gasteiger partial charge in [-0.2, -0.15) is 5.10 Å². The number of benzene rings is 1. The first-order chi connectivity index (χ1) is 13.5. The number of thiophene rings is 1. The molecule has 144 valence electrons. The molecule has 0 radical (unpaired) electrons. The molecule has 1 N–H and O–H groups in total. The Hall–Kier alpha value is -2.24. The molecule has 1 aromatic carbocycles. The number of halogens is 1. The van der Waals surface area contributed by atoms with E-state index in [1.807, 2.05) is 10.9 Å². The minimum Gasteiger partial charge on any atom is -0.389 e. The van der Waals surface area contributed by atoms with Gasteiger partial charge in [0.25, 0.3) is 0 Å². The number of aliphatic hydroxyl groups is 1. The van der Waals surface area contributed by atoms with E-state index in [9.17, 15) is 9.50 Å². The molecule has 0 saturated heterocycles. The van der Waals surface area contributed by atoms with Gasteiger partial charge in [0, 0.05) is 10.3 Å². The molecular formula is C23H23FN2OS. The summed E-state index contributed by atoms with van der Waals surface area (Å²) < 4.78 is 15.2. The molecule has 0 aliphatic heterocycles. The Balaban J connectivity index is 1.47. The molecule has 0 amide bonds. The summed E-state index contributed by atoms with van der Waals surface area (Å²) in [5, 5.41) is 18.3. The van der Waals surface area contributed by atoms with Gasteiger partial charge >= 0.3 is 0 Å². The van der Waals surface area contributed by atoms with Crippen molar-refractivity contribution in [2.45, 2.75) is 44.6 Å². The highest BCUT2D eigenvalue weighted by Crippen LogP contribution is 2.56. The summed E-state index contributed by atoms with van der Waals surface area (Å²) in [5.74, 6) is -0.248. The van der Waals surface area contributed by atoms with Crippen LogP contribution in [0.3, 0.4) is 0 Å². The monoisotopic (exact) mass is 394 g/mol. The number of hydrogen-bond acceptors (Lipinski definition) is 3. The summed E-state index contributed by atoms with van der Waals surface area (Å²) in [6.07, 6.45) is 8.30. The van der Waals surface area contributed by atoms with Gasteiger partial charge in [-0.15, -0.1) is 11.3 Å². The fourth-order valence-corrected chi connectivity index (χ4v) is 5.61. The Morgan fingerprint density at radius 2 is 2.07 bits per heavy atom. The lowest BCUT2D eigenvalue weighted by atomic mass is 9.66. The molecule has 5 heteroatoms. The maximum absolute atomic E-state index is 13.3. The Labute approximate surface area is 168 Å². The summed E-state index contributed by atoms with van der Waals surface area (Å²) >= 11 is 1.76. The predicted molar refractivity (Wildman–Crippen MR) is 110 cm³/mol. The lowest BCUT2D eigenvalue weighted by molar-refractivity contribution is -0.0460. The van der Waals surface area contributed by atoms with Crippen LogP contribution in [0.4, 0.5) is 4.39 Å². The number of aryl methyl sites for hydroxylation is 1. The van der Waals surface area contributed by atoms with E-state index < -0.39 is 5.60 Å². The zero-order valence-electron chi connectivity index (χ0n) is 15.9. The van der Waals surface area contributed by atoms with Crippen LogP contribution >= 0.6 is 11.3 Å². The van der Waals surface area contributed by atoms with Crippen LogP contribution in [0, 0.1) is 11.2 Å². The lowest BCUT2D eigenvalue weighted by Gasteiger charge is -2.42. The molecule has 2 aromatic heterocycles. The number of rotatable bonds is 4. The van der Waals surface area contributed by atoms with Gasteiger partial charge in [-0.25, -0.2) is 9.07 Å². The molecule has 0 spiro atoms. The molecule has 1 saturated carbocycles. The van der Waals surface area contributed by atoms with Crippen LogP contribution in [-0.4, -0.2) is 20.5 Å². The predicted octanol–water partition coefficient (Wildman–Crippen LogP) is 5.18. The molecule has 3 aromatic rings. The highest BCUT2D eigenvalue weighted by atomic mass is 32.1. The fourth-order valence-electron chi connectivity index (χ4n) is 4.90. The second-order valence-corrected chi connectivity index (χ2v) is 9.26. The van der Waals surface area contributed by atoms with Crippen LogP contribution in [0.15, 0.2) is 53.5 Å². The molecule has 0 unspecified atom stereocenters. The van der Waals surface area contributed by atoms with Crippen molar-refractivity contribution in [3.05, 3.63) is 75.5 Å². The lowest BCUT2D eigenvalue weighted by Crippen LogP contribution is -2.45. The summed E-state index contributed by atoms with van der Waals surface area (Å²) in [6, 6.07) is 10.6. The quantitative estimate of drug-likeness (QED) is 0.662. The van der Waals surface area contributed by atoms with E-state index in [0.717, 1.165) is 49.0 Å². The molecule has 2 heterocycles. The largest absolute Gasteiger partial charge is 0.389 e. The second-order valence-electron chi connectivity index (χ2n) is 8.23. The molecule has 2 aliphatic rings. The number of nitrogens with zero attached hydrogens (tertiary/aromatic N) is 2. The van der Waals surface area contributed by atoms with Crippen LogP contribution in [0.25, 0.3) is 11.8 Å². The smallest absolute Gasteiger partial charge is 0.123 e. The average molecular weight is 395 g/mol. The Kier molecular flexibility index (Phi) is 4.07. The fraction of sp³-hybridized carbons (Fsp3) is 0.348. The van der Waals surface area contributed by atoms with Gasteiger partial charge in [-0.3, -0.25) is 0 Å². The zero-order chi connectivity index (χ0) is 19.4.